The van der Waals surface area contributed by atoms with Gasteiger partial charge in [0, 0.05) is 33.9 Å². The summed E-state index contributed by atoms with van der Waals surface area (Å²) >= 11 is 3.36. The number of halogens is 1. The molecule has 0 N–H and O–H groups in total. The fourth-order valence-electron chi connectivity index (χ4n) is 1.32. The van der Waals surface area contributed by atoms with Crippen LogP contribution in [-0.2, 0) is 21.8 Å². The quantitative estimate of drug-likeness (QED) is 0.712. The molecule has 1 aromatic rings. The van der Waals surface area contributed by atoms with E-state index in [1.54, 1.807) is 14.2 Å². The van der Waals surface area contributed by atoms with E-state index >= 15 is 0 Å². The minimum Gasteiger partial charge on any atom is -0.383 e. The number of hydrogen-bond donors (Lipinski definition) is 0. The van der Waals surface area contributed by atoms with Crippen molar-refractivity contribution in [1.29, 1.82) is 0 Å². The summed E-state index contributed by atoms with van der Waals surface area (Å²) in [6, 6.07) is 0. The number of ether oxygens (including phenoxy) is 1. The van der Waals surface area contributed by atoms with Crippen molar-refractivity contribution in [2.75, 3.05) is 27.3 Å². The second kappa shape index (κ2) is 5.94. The van der Waals surface area contributed by atoms with Crippen molar-refractivity contribution >= 4 is 26.0 Å². The lowest BCUT2D eigenvalue weighted by atomic mass is 10.4. The fraction of sp³-hybridized carbons (Fsp3) is 0.667. The number of hydrogen-bond acceptors (Lipinski definition) is 4. The van der Waals surface area contributed by atoms with Gasteiger partial charge in [-0.15, -0.1) is 0 Å². The second-order valence-electron chi connectivity index (χ2n) is 3.69. The van der Waals surface area contributed by atoms with E-state index in [4.69, 9.17) is 4.74 Å². The van der Waals surface area contributed by atoms with Gasteiger partial charge < -0.3 is 4.74 Å². The highest BCUT2D eigenvalue weighted by Crippen LogP contribution is 2.14. The summed E-state index contributed by atoms with van der Waals surface area (Å²) in [5, 5.41) is 3.86. The van der Waals surface area contributed by atoms with E-state index in [1.807, 2.05) is 0 Å². The zero-order chi connectivity index (χ0) is 13.1. The first-order valence-corrected chi connectivity index (χ1v) is 7.31. The maximum atomic E-state index is 12.1. The number of nitrogens with zero attached hydrogens (tertiary/aromatic N) is 3. The smallest absolute Gasteiger partial charge is 0.245 e. The summed E-state index contributed by atoms with van der Waals surface area (Å²) in [4.78, 5) is 0.156. The molecular formula is C9H16BrN3O3S. The van der Waals surface area contributed by atoms with E-state index in [0.717, 1.165) is 0 Å². The highest BCUT2D eigenvalue weighted by molar-refractivity contribution is 9.09. The van der Waals surface area contributed by atoms with E-state index in [-0.39, 0.29) is 9.72 Å². The van der Waals surface area contributed by atoms with Gasteiger partial charge in [-0.1, -0.05) is 15.9 Å². The minimum atomic E-state index is -3.47. The third-order valence-corrected chi connectivity index (χ3v) is 4.52. The Morgan fingerprint density at radius 2 is 2.29 bits per heavy atom. The van der Waals surface area contributed by atoms with Gasteiger partial charge >= 0.3 is 0 Å². The van der Waals surface area contributed by atoms with Crippen LogP contribution in [0.4, 0.5) is 0 Å². The Morgan fingerprint density at radius 1 is 1.65 bits per heavy atom. The summed E-state index contributed by atoms with van der Waals surface area (Å²) in [7, 11) is 1.32. The van der Waals surface area contributed by atoms with Crippen LogP contribution in [0.3, 0.4) is 0 Å². The zero-order valence-electron chi connectivity index (χ0n) is 10.00. The van der Waals surface area contributed by atoms with Gasteiger partial charge in [0.15, 0.2) is 0 Å². The Kier molecular flexibility index (Phi) is 5.11. The molecule has 0 aliphatic rings. The standard InChI is InChI=1S/C9H16BrN3O3S/c1-12-6-9(4-11-12)17(14,15)13(2)5-8(10)7-16-3/h4,6,8H,5,7H2,1-3H3. The molecule has 0 aliphatic heterocycles. The number of alkyl halides is 1. The second-order valence-corrected chi connectivity index (χ2v) is 7.03. The number of rotatable bonds is 6. The monoisotopic (exact) mass is 325 g/mol. The molecule has 1 heterocycles. The van der Waals surface area contributed by atoms with Gasteiger partial charge in [0.25, 0.3) is 0 Å². The average molecular weight is 326 g/mol. The Labute approximate surface area is 110 Å². The van der Waals surface area contributed by atoms with Crippen molar-refractivity contribution in [3.63, 3.8) is 0 Å². The van der Waals surface area contributed by atoms with Crippen LogP contribution < -0.4 is 0 Å². The predicted molar refractivity (Wildman–Crippen MR) is 67.6 cm³/mol. The van der Waals surface area contributed by atoms with Crippen LogP contribution in [0.15, 0.2) is 17.3 Å². The normalized spacial score (nSPS) is 14.2. The molecule has 1 unspecified atom stereocenters. The summed E-state index contributed by atoms with van der Waals surface area (Å²) in [5.74, 6) is 0. The van der Waals surface area contributed by atoms with E-state index in [9.17, 15) is 8.42 Å². The van der Waals surface area contributed by atoms with Crippen LogP contribution >= 0.6 is 15.9 Å². The first-order valence-electron chi connectivity index (χ1n) is 4.96. The summed E-state index contributed by atoms with van der Waals surface area (Å²) in [6.07, 6.45) is 2.82. The van der Waals surface area contributed by atoms with Gasteiger partial charge in [-0.25, -0.2) is 8.42 Å². The third kappa shape index (κ3) is 3.77. The van der Waals surface area contributed by atoms with Crippen molar-refractivity contribution in [3.05, 3.63) is 12.4 Å². The average Bonchev–Trinajstić information content (AvgIpc) is 2.65. The largest absolute Gasteiger partial charge is 0.383 e. The maximum absolute atomic E-state index is 12.1. The lowest BCUT2D eigenvalue weighted by Crippen LogP contribution is -2.33. The maximum Gasteiger partial charge on any atom is 0.245 e. The van der Waals surface area contributed by atoms with Gasteiger partial charge in [0.1, 0.15) is 4.90 Å². The minimum absolute atomic E-state index is 0.0380. The molecule has 0 radical (unpaired) electrons. The molecule has 0 spiro atoms. The molecule has 8 heteroatoms. The molecule has 0 bridgehead atoms. The molecule has 0 aliphatic carbocycles. The van der Waals surface area contributed by atoms with Crippen molar-refractivity contribution in [2.45, 2.75) is 9.72 Å². The fourth-order valence-corrected chi connectivity index (χ4v) is 3.42. The Balaban J connectivity index is 2.77. The van der Waals surface area contributed by atoms with Crippen molar-refractivity contribution in [2.24, 2.45) is 7.05 Å². The van der Waals surface area contributed by atoms with Crippen LogP contribution in [0.1, 0.15) is 0 Å². The van der Waals surface area contributed by atoms with Gasteiger partial charge in [-0.2, -0.15) is 9.40 Å². The Hall–Kier alpha value is -0.440. The molecule has 0 saturated heterocycles. The first kappa shape index (κ1) is 14.6. The van der Waals surface area contributed by atoms with Crippen molar-refractivity contribution in [3.8, 4) is 0 Å². The number of aryl methyl sites for hydroxylation is 1. The highest BCUT2D eigenvalue weighted by Gasteiger charge is 2.24. The van der Waals surface area contributed by atoms with E-state index in [1.165, 1.54) is 28.4 Å². The van der Waals surface area contributed by atoms with E-state index in [2.05, 4.69) is 21.0 Å². The molecule has 0 fully saturated rings. The van der Waals surface area contributed by atoms with Crippen molar-refractivity contribution < 1.29 is 13.2 Å². The Morgan fingerprint density at radius 3 is 2.76 bits per heavy atom. The van der Waals surface area contributed by atoms with Crippen LogP contribution in [0, 0.1) is 0 Å². The molecular weight excluding hydrogens is 310 g/mol. The van der Waals surface area contributed by atoms with Gasteiger partial charge in [-0.3, -0.25) is 4.68 Å². The lowest BCUT2D eigenvalue weighted by Gasteiger charge is -2.18. The van der Waals surface area contributed by atoms with Crippen LogP contribution in [0.2, 0.25) is 0 Å². The molecule has 0 amide bonds. The topological polar surface area (TPSA) is 64.4 Å². The number of methoxy groups -OCH3 is 1. The molecule has 1 atom stereocenters. The molecule has 6 nitrogen and oxygen atoms in total. The van der Waals surface area contributed by atoms with Gasteiger partial charge in [0.05, 0.1) is 17.6 Å². The molecule has 17 heavy (non-hydrogen) atoms. The summed E-state index contributed by atoms with van der Waals surface area (Å²) in [5.41, 5.74) is 0. The van der Waals surface area contributed by atoms with Gasteiger partial charge in [-0.05, 0) is 0 Å². The number of aromatic nitrogens is 2. The third-order valence-electron chi connectivity index (χ3n) is 2.19. The lowest BCUT2D eigenvalue weighted by molar-refractivity contribution is 0.195. The summed E-state index contributed by atoms with van der Waals surface area (Å²) in [6.45, 7) is 0.790. The van der Waals surface area contributed by atoms with E-state index in [0.29, 0.717) is 13.2 Å². The van der Waals surface area contributed by atoms with Crippen molar-refractivity contribution in [1.82, 2.24) is 14.1 Å². The SMILES string of the molecule is COCC(Br)CN(C)S(=O)(=O)c1cnn(C)c1. The van der Waals surface area contributed by atoms with Crippen LogP contribution in [0.5, 0.6) is 0 Å². The first-order chi connectivity index (χ1) is 7.87. The van der Waals surface area contributed by atoms with Crippen LogP contribution in [0.25, 0.3) is 0 Å². The van der Waals surface area contributed by atoms with Crippen LogP contribution in [-0.4, -0.2) is 54.6 Å². The highest BCUT2D eigenvalue weighted by atomic mass is 79.9. The summed E-state index contributed by atoms with van der Waals surface area (Å²) < 4.78 is 31.9. The molecule has 1 rings (SSSR count). The van der Waals surface area contributed by atoms with E-state index < -0.39 is 10.0 Å². The zero-order valence-corrected chi connectivity index (χ0v) is 12.4. The molecule has 98 valence electrons. The molecule has 1 aromatic heterocycles. The Bertz CT molecular complexity index is 460. The molecule has 0 saturated carbocycles. The number of sulfonamides is 1. The molecule has 0 aromatic carbocycles. The predicted octanol–water partition coefficient (Wildman–Crippen LogP) is 0.450. The van der Waals surface area contributed by atoms with Gasteiger partial charge in [0.2, 0.25) is 10.0 Å².